The molecule has 3 aromatic carbocycles. The van der Waals surface area contributed by atoms with Crippen molar-refractivity contribution in [2.75, 3.05) is 0 Å². The summed E-state index contributed by atoms with van der Waals surface area (Å²) in [6.45, 7) is 8.65. The number of fused-ring (bicyclic) bond motifs is 2. The first-order chi connectivity index (χ1) is 19.8. The zero-order valence-corrected chi connectivity index (χ0v) is 24.4. The van der Waals surface area contributed by atoms with Crippen molar-refractivity contribution in [1.82, 2.24) is 4.57 Å². The molecule has 2 atom stereocenters. The Kier molecular flexibility index (Phi) is 8.20. The van der Waals surface area contributed by atoms with Gasteiger partial charge in [0, 0.05) is 40.7 Å². The fourth-order valence-corrected chi connectivity index (χ4v) is 5.89. The maximum atomic E-state index is 14.1. The number of carboxylic acids is 1. The lowest BCUT2D eigenvalue weighted by molar-refractivity contribution is -0.142. The number of para-hydroxylation sites is 1. The maximum absolute atomic E-state index is 14.1. The highest BCUT2D eigenvalue weighted by Gasteiger charge is 2.43. The molecule has 5 rings (SSSR count). The van der Waals surface area contributed by atoms with Gasteiger partial charge in [-0.1, -0.05) is 69.7 Å². The quantitative estimate of drug-likeness (QED) is 0.180. The van der Waals surface area contributed by atoms with Gasteiger partial charge in [0.25, 0.3) is 5.79 Å². The minimum atomic E-state index is -0.918. The third kappa shape index (κ3) is 5.35. The van der Waals surface area contributed by atoms with Gasteiger partial charge in [-0.2, -0.15) is 0 Å². The molecule has 0 spiro atoms. The average Bonchev–Trinajstić information content (AvgIpc) is 3.50. The first-order valence-electron chi connectivity index (χ1n) is 14.8. The molecule has 0 fully saturated rings. The Hall–Kier alpha value is -4.06. The van der Waals surface area contributed by atoms with Crippen molar-refractivity contribution in [2.45, 2.75) is 78.6 Å². The largest absolute Gasteiger partial charge is 0.481 e. The molecule has 0 bridgehead atoms. The van der Waals surface area contributed by atoms with E-state index in [1.807, 2.05) is 50.2 Å². The van der Waals surface area contributed by atoms with Crippen molar-refractivity contribution in [2.24, 2.45) is 5.92 Å². The molecule has 1 N–H and O–H groups in total. The molecular weight excluding hydrogens is 514 g/mol. The second-order valence-electron chi connectivity index (χ2n) is 11.0. The van der Waals surface area contributed by atoms with E-state index in [-0.39, 0.29) is 5.78 Å². The van der Waals surface area contributed by atoms with Gasteiger partial charge in [0.1, 0.15) is 0 Å². The Labute approximate surface area is 241 Å². The van der Waals surface area contributed by atoms with Crippen molar-refractivity contribution in [3.63, 3.8) is 0 Å². The van der Waals surface area contributed by atoms with Crippen molar-refractivity contribution < 1.29 is 24.2 Å². The van der Waals surface area contributed by atoms with Crippen molar-refractivity contribution in [1.29, 1.82) is 0 Å². The SMILES string of the molecule is CCCCC1(c2ccc(CC)cc2)Oc2ccc(C(=O)c3c(C)n(CCC(CC)C(=O)O)c4ccccc34)cc2O1. The lowest BCUT2D eigenvalue weighted by Crippen LogP contribution is -2.35. The number of nitrogens with zero attached hydrogens (tertiary/aromatic N) is 1. The molecule has 214 valence electrons. The molecule has 2 unspecified atom stereocenters. The van der Waals surface area contributed by atoms with Crippen LogP contribution in [0.3, 0.4) is 0 Å². The van der Waals surface area contributed by atoms with Crippen LogP contribution in [0.25, 0.3) is 10.9 Å². The van der Waals surface area contributed by atoms with Gasteiger partial charge in [0.2, 0.25) is 0 Å². The number of hydrogen-bond donors (Lipinski definition) is 1. The summed E-state index contributed by atoms with van der Waals surface area (Å²) in [6.07, 6.45) is 4.69. The summed E-state index contributed by atoms with van der Waals surface area (Å²) < 4.78 is 15.1. The van der Waals surface area contributed by atoms with Crippen LogP contribution < -0.4 is 9.47 Å². The van der Waals surface area contributed by atoms with Gasteiger partial charge in [0.15, 0.2) is 17.3 Å². The molecule has 0 radical (unpaired) electrons. The molecule has 0 saturated heterocycles. The standard InChI is InChI=1S/C35H39NO5/c1-5-8-20-35(27-16-13-24(6-2)14-17-27)40-30-18-15-26(22-31(30)41-35)33(37)32-23(4)36(21-19-25(7-3)34(38)39)29-12-10-9-11-28(29)32/h9-18,22,25H,5-8,19-21H2,1-4H3,(H,38,39). The molecule has 41 heavy (non-hydrogen) atoms. The second-order valence-corrected chi connectivity index (χ2v) is 11.0. The van der Waals surface area contributed by atoms with Crippen molar-refractivity contribution in [3.05, 3.63) is 94.7 Å². The third-order valence-electron chi connectivity index (χ3n) is 8.42. The number of aryl methyl sites for hydroxylation is 2. The number of unbranched alkanes of at least 4 members (excludes halogenated alkanes) is 1. The molecule has 6 nitrogen and oxygen atoms in total. The van der Waals surface area contributed by atoms with Gasteiger partial charge in [-0.05, 0) is 62.4 Å². The van der Waals surface area contributed by atoms with E-state index in [2.05, 4.69) is 42.7 Å². The number of hydrogen-bond acceptors (Lipinski definition) is 4. The highest BCUT2D eigenvalue weighted by molar-refractivity contribution is 6.17. The maximum Gasteiger partial charge on any atom is 0.306 e. The van der Waals surface area contributed by atoms with E-state index in [9.17, 15) is 14.7 Å². The Morgan fingerprint density at radius 1 is 0.951 bits per heavy atom. The Morgan fingerprint density at radius 2 is 1.68 bits per heavy atom. The summed E-state index contributed by atoms with van der Waals surface area (Å²) >= 11 is 0. The zero-order valence-electron chi connectivity index (χ0n) is 24.4. The van der Waals surface area contributed by atoms with Crippen molar-refractivity contribution in [3.8, 4) is 11.5 Å². The molecule has 1 aliphatic heterocycles. The highest BCUT2D eigenvalue weighted by atomic mass is 16.7. The number of aliphatic carboxylic acids is 1. The number of ether oxygens (including phenoxy) is 2. The van der Waals surface area contributed by atoms with Crippen LogP contribution in [-0.4, -0.2) is 21.4 Å². The van der Waals surface area contributed by atoms with Crippen LogP contribution in [0.5, 0.6) is 11.5 Å². The summed E-state index contributed by atoms with van der Waals surface area (Å²) in [5, 5.41) is 10.4. The van der Waals surface area contributed by atoms with E-state index in [0.29, 0.717) is 48.4 Å². The highest BCUT2D eigenvalue weighted by Crippen LogP contribution is 2.47. The van der Waals surface area contributed by atoms with Crippen LogP contribution >= 0.6 is 0 Å². The predicted molar refractivity (Wildman–Crippen MR) is 161 cm³/mol. The number of carboxylic acid groups (broad SMARTS) is 1. The van der Waals surface area contributed by atoms with E-state index in [4.69, 9.17) is 9.47 Å². The first kappa shape index (κ1) is 28.5. The van der Waals surface area contributed by atoms with E-state index in [1.165, 1.54) is 5.56 Å². The van der Waals surface area contributed by atoms with Gasteiger partial charge < -0.3 is 19.1 Å². The third-order valence-corrected chi connectivity index (χ3v) is 8.42. The van der Waals surface area contributed by atoms with E-state index in [1.54, 1.807) is 6.07 Å². The minimum absolute atomic E-state index is 0.0903. The number of rotatable bonds is 12. The summed E-state index contributed by atoms with van der Waals surface area (Å²) in [5.41, 5.74) is 5.16. The Bertz CT molecular complexity index is 1570. The van der Waals surface area contributed by atoms with Crippen LogP contribution in [0.15, 0.2) is 66.7 Å². The molecule has 0 aliphatic carbocycles. The fraction of sp³-hybridized carbons (Fsp3) is 0.371. The Morgan fingerprint density at radius 3 is 2.37 bits per heavy atom. The van der Waals surface area contributed by atoms with E-state index >= 15 is 0 Å². The molecule has 4 aromatic rings. The number of carbonyl (C=O) groups is 2. The Balaban J connectivity index is 1.48. The molecule has 2 heterocycles. The van der Waals surface area contributed by atoms with Gasteiger partial charge in [-0.25, -0.2) is 0 Å². The molecule has 0 amide bonds. The van der Waals surface area contributed by atoms with Gasteiger partial charge in [-0.15, -0.1) is 0 Å². The number of ketones is 1. The smallest absolute Gasteiger partial charge is 0.306 e. The van der Waals surface area contributed by atoms with E-state index in [0.717, 1.165) is 41.4 Å². The zero-order chi connectivity index (χ0) is 29.1. The van der Waals surface area contributed by atoms with Crippen LogP contribution in [-0.2, 0) is 23.5 Å². The lowest BCUT2D eigenvalue weighted by atomic mass is 9.98. The molecule has 6 heteroatoms. The summed E-state index contributed by atoms with van der Waals surface area (Å²) in [4.78, 5) is 25.7. The summed E-state index contributed by atoms with van der Waals surface area (Å²) in [7, 11) is 0. The fourth-order valence-electron chi connectivity index (χ4n) is 5.89. The van der Waals surface area contributed by atoms with Gasteiger partial charge in [-0.3, -0.25) is 9.59 Å². The second kappa shape index (κ2) is 11.8. The summed E-state index contributed by atoms with van der Waals surface area (Å²) in [5.74, 6) is -1.01. The lowest BCUT2D eigenvalue weighted by Gasteiger charge is -2.28. The first-order valence-corrected chi connectivity index (χ1v) is 14.8. The summed E-state index contributed by atoms with van der Waals surface area (Å²) in [6, 6.07) is 21.7. The number of aromatic nitrogens is 1. The van der Waals surface area contributed by atoms with Crippen LogP contribution in [0.1, 0.15) is 85.6 Å². The van der Waals surface area contributed by atoms with Gasteiger partial charge >= 0.3 is 5.97 Å². The topological polar surface area (TPSA) is 77.8 Å². The van der Waals surface area contributed by atoms with E-state index < -0.39 is 17.7 Å². The minimum Gasteiger partial charge on any atom is -0.481 e. The average molecular weight is 554 g/mol. The monoisotopic (exact) mass is 553 g/mol. The molecule has 1 aliphatic rings. The van der Waals surface area contributed by atoms with Crippen LogP contribution in [0.4, 0.5) is 0 Å². The van der Waals surface area contributed by atoms with Crippen molar-refractivity contribution >= 4 is 22.7 Å². The predicted octanol–water partition coefficient (Wildman–Crippen LogP) is 8.06. The molecule has 0 saturated carbocycles. The number of benzene rings is 3. The normalized spacial score (nSPS) is 16.7. The molecular formula is C35H39NO5. The van der Waals surface area contributed by atoms with Crippen LogP contribution in [0, 0.1) is 12.8 Å². The number of carbonyl (C=O) groups excluding carboxylic acids is 1. The van der Waals surface area contributed by atoms with Crippen LogP contribution in [0.2, 0.25) is 0 Å². The molecule has 1 aromatic heterocycles. The van der Waals surface area contributed by atoms with Gasteiger partial charge in [0.05, 0.1) is 11.5 Å².